The normalized spacial score (nSPS) is 12.5. The lowest BCUT2D eigenvalue weighted by Crippen LogP contribution is -2.30. The smallest absolute Gasteiger partial charge is 0.306 e. The van der Waals surface area contributed by atoms with Crippen molar-refractivity contribution >= 4 is 17.9 Å². The third-order valence-electron chi connectivity index (χ3n) is 15.7. The molecular formula is C75H134O6. The molecule has 1 atom stereocenters. The predicted octanol–water partition coefficient (Wildman–Crippen LogP) is 24.4. The van der Waals surface area contributed by atoms with Crippen molar-refractivity contribution < 1.29 is 28.6 Å². The summed E-state index contributed by atoms with van der Waals surface area (Å²) in [5.41, 5.74) is 0. The Hall–Kier alpha value is -3.15. The van der Waals surface area contributed by atoms with E-state index in [1.54, 1.807) is 0 Å². The van der Waals surface area contributed by atoms with Crippen molar-refractivity contribution in [1.82, 2.24) is 0 Å². The molecule has 81 heavy (non-hydrogen) atoms. The molecule has 6 heteroatoms. The van der Waals surface area contributed by atoms with E-state index in [9.17, 15) is 14.4 Å². The van der Waals surface area contributed by atoms with Crippen LogP contribution in [0.4, 0.5) is 0 Å². The van der Waals surface area contributed by atoms with E-state index in [0.29, 0.717) is 19.3 Å². The molecule has 0 aromatic heterocycles. The molecule has 0 rings (SSSR count). The molecule has 0 fully saturated rings. The second-order valence-electron chi connectivity index (χ2n) is 23.8. The molecule has 470 valence electrons. The first-order valence-corrected chi connectivity index (χ1v) is 35.4. The highest BCUT2D eigenvalue weighted by Crippen LogP contribution is 2.18. The fraction of sp³-hybridized carbons (Fsp3) is 0.800. The number of carbonyl (C=O) groups is 3. The Kier molecular flexibility index (Phi) is 66.6. The summed E-state index contributed by atoms with van der Waals surface area (Å²) in [6, 6.07) is 0. The Morgan fingerprint density at radius 1 is 0.259 bits per heavy atom. The van der Waals surface area contributed by atoms with E-state index >= 15 is 0 Å². The molecule has 0 aliphatic carbocycles. The monoisotopic (exact) mass is 1130 g/mol. The quantitative estimate of drug-likeness (QED) is 0.0261. The molecule has 0 spiro atoms. The summed E-state index contributed by atoms with van der Waals surface area (Å²) in [7, 11) is 0. The van der Waals surface area contributed by atoms with Crippen molar-refractivity contribution in [2.45, 2.75) is 374 Å². The lowest BCUT2D eigenvalue weighted by Gasteiger charge is -2.18. The lowest BCUT2D eigenvalue weighted by atomic mass is 10.0. The first-order chi connectivity index (χ1) is 40.0. The summed E-state index contributed by atoms with van der Waals surface area (Å²) >= 11 is 0. The Morgan fingerprint density at radius 3 is 0.728 bits per heavy atom. The fourth-order valence-corrected chi connectivity index (χ4v) is 10.5. The Labute approximate surface area is 503 Å². The SMILES string of the molecule is CC/C=C\C/C=C\C/C=C\C/C=C\C/C=C\C/C=C\CCC(=O)OC(COC(=O)CCCCCCCCCCCCCCCC)COC(=O)CCCCCCCCCCCCCCCCCCCCCCCCCCCCCCCC. The molecule has 1 unspecified atom stereocenters. The van der Waals surface area contributed by atoms with Crippen LogP contribution in [0.5, 0.6) is 0 Å². The van der Waals surface area contributed by atoms with Crippen LogP contribution in [-0.2, 0) is 28.6 Å². The second-order valence-corrected chi connectivity index (χ2v) is 23.8. The van der Waals surface area contributed by atoms with E-state index < -0.39 is 6.10 Å². The standard InChI is InChI=1S/C75H134O6/c1-4-7-10-13-16-19-22-25-28-30-32-33-34-35-36-37-38-39-40-41-42-44-45-47-50-53-56-59-62-65-68-74(77)80-71-72(70-79-73(76)67-64-61-58-55-52-49-27-24-21-18-15-12-9-6-3)81-75(78)69-66-63-60-57-54-51-48-46-43-31-29-26-23-20-17-14-11-8-5-2/h8,11,17,20,26,29,43,46,51,54,60,63,72H,4-7,9-10,12-16,18-19,21-25,27-28,30-42,44-45,47-50,52-53,55-59,61-62,64-71H2,1-3H3/b11-8-,20-17-,29-26-,46-43-,54-51-,63-60-. The van der Waals surface area contributed by atoms with Crippen LogP contribution >= 0.6 is 0 Å². The van der Waals surface area contributed by atoms with E-state index in [-0.39, 0.29) is 37.5 Å². The maximum absolute atomic E-state index is 12.9. The minimum absolute atomic E-state index is 0.101. The van der Waals surface area contributed by atoms with Gasteiger partial charge in [0.2, 0.25) is 0 Å². The van der Waals surface area contributed by atoms with Crippen molar-refractivity contribution in [1.29, 1.82) is 0 Å². The summed E-state index contributed by atoms with van der Waals surface area (Å²) < 4.78 is 16.9. The van der Waals surface area contributed by atoms with Crippen molar-refractivity contribution in [3.05, 3.63) is 72.9 Å². The summed E-state index contributed by atoms with van der Waals surface area (Å²) in [4.78, 5) is 38.3. The third kappa shape index (κ3) is 67.5. The van der Waals surface area contributed by atoms with Gasteiger partial charge in [0, 0.05) is 19.3 Å². The Morgan fingerprint density at radius 2 is 0.481 bits per heavy atom. The van der Waals surface area contributed by atoms with E-state index in [2.05, 4.69) is 87.6 Å². The molecule has 0 aliphatic rings. The molecule has 0 saturated heterocycles. The van der Waals surface area contributed by atoms with Crippen LogP contribution in [0.1, 0.15) is 367 Å². The molecule has 0 heterocycles. The van der Waals surface area contributed by atoms with Crippen molar-refractivity contribution in [2.24, 2.45) is 0 Å². The molecule has 0 aliphatic heterocycles. The maximum atomic E-state index is 12.9. The van der Waals surface area contributed by atoms with Gasteiger partial charge in [-0.3, -0.25) is 14.4 Å². The molecule has 6 nitrogen and oxygen atoms in total. The van der Waals surface area contributed by atoms with Gasteiger partial charge in [0.15, 0.2) is 6.10 Å². The molecule has 0 N–H and O–H groups in total. The molecular weight excluding hydrogens is 997 g/mol. The second kappa shape index (κ2) is 69.3. The van der Waals surface area contributed by atoms with Gasteiger partial charge in [-0.2, -0.15) is 0 Å². The number of esters is 3. The van der Waals surface area contributed by atoms with Crippen molar-refractivity contribution in [3.8, 4) is 0 Å². The van der Waals surface area contributed by atoms with E-state index in [0.717, 1.165) is 77.0 Å². The largest absolute Gasteiger partial charge is 0.462 e. The lowest BCUT2D eigenvalue weighted by molar-refractivity contribution is -0.166. The van der Waals surface area contributed by atoms with Gasteiger partial charge in [-0.25, -0.2) is 0 Å². The molecule has 0 aromatic rings. The zero-order valence-corrected chi connectivity index (χ0v) is 54.1. The van der Waals surface area contributed by atoms with Gasteiger partial charge in [-0.15, -0.1) is 0 Å². The van der Waals surface area contributed by atoms with Crippen molar-refractivity contribution in [3.63, 3.8) is 0 Å². The van der Waals surface area contributed by atoms with Gasteiger partial charge in [0.1, 0.15) is 13.2 Å². The van der Waals surface area contributed by atoms with Crippen LogP contribution in [0, 0.1) is 0 Å². The van der Waals surface area contributed by atoms with Gasteiger partial charge >= 0.3 is 17.9 Å². The molecule has 0 amide bonds. The van der Waals surface area contributed by atoms with E-state index in [1.807, 2.05) is 6.08 Å². The summed E-state index contributed by atoms with van der Waals surface area (Å²) in [5.74, 6) is -0.965. The molecule has 0 aromatic carbocycles. The van der Waals surface area contributed by atoms with Crippen molar-refractivity contribution in [2.75, 3.05) is 13.2 Å². The fourth-order valence-electron chi connectivity index (χ4n) is 10.5. The van der Waals surface area contributed by atoms with Gasteiger partial charge < -0.3 is 14.2 Å². The summed E-state index contributed by atoms with van der Waals surface area (Å²) in [5, 5.41) is 0. The van der Waals surface area contributed by atoms with Gasteiger partial charge in [-0.05, 0) is 57.8 Å². The van der Waals surface area contributed by atoms with E-state index in [4.69, 9.17) is 14.2 Å². The molecule has 0 bridgehead atoms. The topological polar surface area (TPSA) is 78.9 Å². The van der Waals surface area contributed by atoms with Crippen LogP contribution in [0.2, 0.25) is 0 Å². The number of hydrogen-bond acceptors (Lipinski definition) is 6. The van der Waals surface area contributed by atoms with Crippen LogP contribution < -0.4 is 0 Å². The van der Waals surface area contributed by atoms with Gasteiger partial charge in [0.05, 0.1) is 0 Å². The number of hydrogen-bond donors (Lipinski definition) is 0. The van der Waals surface area contributed by atoms with Gasteiger partial charge in [0.25, 0.3) is 0 Å². The number of allylic oxidation sites excluding steroid dienone is 12. The van der Waals surface area contributed by atoms with Crippen LogP contribution in [-0.4, -0.2) is 37.2 Å². The Bertz CT molecular complexity index is 1490. The number of carbonyl (C=O) groups excluding carboxylic acids is 3. The predicted molar refractivity (Wildman–Crippen MR) is 353 cm³/mol. The van der Waals surface area contributed by atoms with Crippen LogP contribution in [0.3, 0.4) is 0 Å². The number of ether oxygens (including phenoxy) is 3. The van der Waals surface area contributed by atoms with Crippen LogP contribution in [0.15, 0.2) is 72.9 Å². The Balaban J connectivity index is 4.26. The number of unbranched alkanes of at least 4 members (excludes halogenated alkanes) is 42. The maximum Gasteiger partial charge on any atom is 0.306 e. The summed E-state index contributed by atoms with van der Waals surface area (Å²) in [6.45, 7) is 6.52. The first-order valence-electron chi connectivity index (χ1n) is 35.4. The van der Waals surface area contributed by atoms with Crippen LogP contribution in [0.25, 0.3) is 0 Å². The highest BCUT2D eigenvalue weighted by molar-refractivity contribution is 5.71. The zero-order chi connectivity index (χ0) is 58.5. The minimum Gasteiger partial charge on any atom is -0.462 e. The average Bonchev–Trinajstić information content (AvgIpc) is 3.47. The zero-order valence-electron chi connectivity index (χ0n) is 54.1. The first kappa shape index (κ1) is 77.9. The highest BCUT2D eigenvalue weighted by atomic mass is 16.6. The van der Waals surface area contributed by atoms with Gasteiger partial charge in [-0.1, -0.05) is 363 Å². The third-order valence-corrected chi connectivity index (χ3v) is 15.7. The highest BCUT2D eigenvalue weighted by Gasteiger charge is 2.19. The summed E-state index contributed by atoms with van der Waals surface area (Å²) in [6.07, 6.45) is 91.0. The number of rotatable bonds is 65. The molecule has 0 radical (unpaired) electrons. The average molecular weight is 1130 g/mol. The molecule has 0 saturated carbocycles. The van der Waals surface area contributed by atoms with E-state index in [1.165, 1.54) is 244 Å². The minimum atomic E-state index is -0.814.